The number of amides is 2. The van der Waals surface area contributed by atoms with Crippen LogP contribution in [0.4, 0.5) is 5.69 Å². The van der Waals surface area contributed by atoms with Crippen LogP contribution in [0.15, 0.2) is 18.2 Å². The summed E-state index contributed by atoms with van der Waals surface area (Å²) < 4.78 is 0. The lowest BCUT2D eigenvalue weighted by molar-refractivity contribution is -0.133. The molecule has 1 saturated heterocycles. The Morgan fingerprint density at radius 3 is 2.42 bits per heavy atom. The van der Waals surface area contributed by atoms with Crippen molar-refractivity contribution in [3.63, 3.8) is 0 Å². The molecule has 1 N–H and O–H groups in total. The third-order valence-electron chi connectivity index (χ3n) is 4.55. The normalized spacial score (nSPS) is 15.6. The molecule has 0 bridgehead atoms. The average Bonchev–Trinajstić information content (AvgIpc) is 2.52. The molecule has 0 aromatic heterocycles. The number of hydrogen-bond acceptors (Lipinski definition) is 3. The first-order valence-electron chi connectivity index (χ1n) is 8.73. The Kier molecular flexibility index (Phi) is 6.37. The third kappa shape index (κ3) is 5.06. The lowest BCUT2D eigenvalue weighted by Crippen LogP contribution is -2.50. The second-order valence-corrected chi connectivity index (χ2v) is 7.05. The largest absolute Gasteiger partial charge is 0.340 e. The molecule has 2 rings (SSSR count). The Hall–Kier alpha value is -1.88. The van der Waals surface area contributed by atoms with Crippen LogP contribution in [0.5, 0.6) is 0 Å². The number of nitrogens with zero attached hydrogens (tertiary/aromatic N) is 2. The fraction of sp³-hybridized carbons (Fsp3) is 0.579. The summed E-state index contributed by atoms with van der Waals surface area (Å²) in [6.45, 7) is 11.5. The van der Waals surface area contributed by atoms with Crippen molar-refractivity contribution in [3.05, 3.63) is 29.3 Å². The Balaban J connectivity index is 1.80. The van der Waals surface area contributed by atoms with E-state index in [1.807, 2.05) is 36.9 Å². The van der Waals surface area contributed by atoms with E-state index in [2.05, 4.69) is 24.1 Å². The van der Waals surface area contributed by atoms with Gasteiger partial charge >= 0.3 is 0 Å². The van der Waals surface area contributed by atoms with E-state index < -0.39 is 0 Å². The number of carbonyl (C=O) groups is 2. The van der Waals surface area contributed by atoms with Crippen molar-refractivity contribution in [1.82, 2.24) is 9.80 Å². The summed E-state index contributed by atoms with van der Waals surface area (Å²) in [5.74, 6) is 0.619. The fourth-order valence-electron chi connectivity index (χ4n) is 2.91. The predicted molar refractivity (Wildman–Crippen MR) is 97.0 cm³/mol. The lowest BCUT2D eigenvalue weighted by Gasteiger charge is -2.34. The third-order valence-corrected chi connectivity index (χ3v) is 4.55. The Bertz CT molecular complexity index is 590. The van der Waals surface area contributed by atoms with Crippen molar-refractivity contribution in [2.45, 2.75) is 34.1 Å². The van der Waals surface area contributed by atoms with Gasteiger partial charge in [0.25, 0.3) is 0 Å². The maximum atomic E-state index is 12.3. The monoisotopic (exact) mass is 331 g/mol. The topological polar surface area (TPSA) is 52.7 Å². The van der Waals surface area contributed by atoms with Crippen LogP contribution >= 0.6 is 0 Å². The van der Waals surface area contributed by atoms with E-state index in [1.165, 1.54) is 5.56 Å². The number of piperazine rings is 1. The Morgan fingerprint density at radius 1 is 1.12 bits per heavy atom. The molecule has 1 heterocycles. The van der Waals surface area contributed by atoms with Gasteiger partial charge < -0.3 is 10.2 Å². The van der Waals surface area contributed by atoms with E-state index in [4.69, 9.17) is 0 Å². The first-order chi connectivity index (χ1) is 11.4. The average molecular weight is 331 g/mol. The quantitative estimate of drug-likeness (QED) is 0.901. The van der Waals surface area contributed by atoms with Crippen LogP contribution in [0.3, 0.4) is 0 Å². The molecule has 1 aliphatic rings. The first-order valence-corrected chi connectivity index (χ1v) is 8.73. The minimum atomic E-state index is 0.00524. The number of nitrogens with one attached hydrogen (secondary N) is 1. The standard InChI is InChI=1S/C19H29N3O2/c1-14(2)12-19(24)22-10-8-21(9-11-22)13-18(23)20-17-7-5-6-15(3)16(17)4/h5-7,14H,8-13H2,1-4H3,(H,20,23). The Labute approximate surface area is 145 Å². The smallest absolute Gasteiger partial charge is 0.238 e. The summed E-state index contributed by atoms with van der Waals surface area (Å²) in [7, 11) is 0. The summed E-state index contributed by atoms with van der Waals surface area (Å²) in [4.78, 5) is 28.4. The van der Waals surface area contributed by atoms with Crippen molar-refractivity contribution >= 4 is 17.5 Å². The Morgan fingerprint density at radius 2 is 1.79 bits per heavy atom. The van der Waals surface area contributed by atoms with Crippen molar-refractivity contribution < 1.29 is 9.59 Å². The van der Waals surface area contributed by atoms with Crippen molar-refractivity contribution in [2.75, 3.05) is 38.0 Å². The van der Waals surface area contributed by atoms with Gasteiger partial charge in [-0.3, -0.25) is 14.5 Å². The number of benzene rings is 1. The highest BCUT2D eigenvalue weighted by atomic mass is 16.2. The molecule has 0 radical (unpaired) electrons. The molecule has 0 saturated carbocycles. The maximum Gasteiger partial charge on any atom is 0.238 e. The van der Waals surface area contributed by atoms with Crippen molar-refractivity contribution in [3.8, 4) is 0 Å². The second-order valence-electron chi connectivity index (χ2n) is 7.05. The molecule has 0 aliphatic carbocycles. The highest BCUT2D eigenvalue weighted by Gasteiger charge is 2.22. The van der Waals surface area contributed by atoms with Gasteiger partial charge in [0, 0.05) is 38.3 Å². The number of aryl methyl sites for hydroxylation is 1. The molecule has 1 aliphatic heterocycles. The lowest BCUT2D eigenvalue weighted by atomic mass is 10.1. The number of hydrogen-bond donors (Lipinski definition) is 1. The predicted octanol–water partition coefficient (Wildman–Crippen LogP) is 2.43. The molecular weight excluding hydrogens is 302 g/mol. The van der Waals surface area contributed by atoms with Crippen LogP contribution in [0.25, 0.3) is 0 Å². The van der Waals surface area contributed by atoms with Crippen LogP contribution < -0.4 is 5.32 Å². The van der Waals surface area contributed by atoms with E-state index in [-0.39, 0.29) is 11.8 Å². The van der Waals surface area contributed by atoms with Gasteiger partial charge in [0.2, 0.25) is 11.8 Å². The van der Waals surface area contributed by atoms with Gasteiger partial charge in [0.05, 0.1) is 6.54 Å². The maximum absolute atomic E-state index is 12.3. The molecular formula is C19H29N3O2. The van der Waals surface area contributed by atoms with Crippen molar-refractivity contribution in [2.24, 2.45) is 5.92 Å². The SMILES string of the molecule is Cc1cccc(NC(=O)CN2CCN(C(=O)CC(C)C)CC2)c1C. The van der Waals surface area contributed by atoms with E-state index >= 15 is 0 Å². The van der Waals surface area contributed by atoms with Gasteiger partial charge in [-0.25, -0.2) is 0 Å². The second kappa shape index (κ2) is 8.29. The molecule has 1 fully saturated rings. The fourth-order valence-corrected chi connectivity index (χ4v) is 2.91. The van der Waals surface area contributed by atoms with Gasteiger partial charge in [-0.05, 0) is 37.0 Å². The van der Waals surface area contributed by atoms with Gasteiger partial charge in [0.1, 0.15) is 0 Å². The zero-order chi connectivity index (χ0) is 17.7. The van der Waals surface area contributed by atoms with Crippen molar-refractivity contribution in [1.29, 1.82) is 0 Å². The van der Waals surface area contributed by atoms with E-state index in [9.17, 15) is 9.59 Å². The highest BCUT2D eigenvalue weighted by Crippen LogP contribution is 2.18. The molecule has 24 heavy (non-hydrogen) atoms. The van der Waals surface area contributed by atoms with E-state index in [0.717, 1.165) is 24.3 Å². The van der Waals surface area contributed by atoms with Crippen LogP contribution in [0, 0.1) is 19.8 Å². The summed E-state index contributed by atoms with van der Waals surface area (Å²) in [6.07, 6.45) is 0.604. The minimum absolute atomic E-state index is 0.00524. The summed E-state index contributed by atoms with van der Waals surface area (Å²) in [5.41, 5.74) is 3.16. The molecule has 0 atom stereocenters. The van der Waals surface area contributed by atoms with Crippen LogP contribution in [-0.4, -0.2) is 54.3 Å². The molecule has 2 amide bonds. The molecule has 132 valence electrons. The molecule has 0 spiro atoms. The zero-order valence-electron chi connectivity index (χ0n) is 15.3. The summed E-state index contributed by atoms with van der Waals surface area (Å²) in [6, 6.07) is 5.93. The molecule has 5 heteroatoms. The van der Waals surface area contributed by atoms with E-state index in [0.29, 0.717) is 32.0 Å². The molecule has 5 nitrogen and oxygen atoms in total. The van der Waals surface area contributed by atoms with Gasteiger partial charge in [-0.2, -0.15) is 0 Å². The van der Waals surface area contributed by atoms with Crippen LogP contribution in [-0.2, 0) is 9.59 Å². The van der Waals surface area contributed by atoms with Gasteiger partial charge in [-0.1, -0.05) is 26.0 Å². The van der Waals surface area contributed by atoms with Crippen LogP contribution in [0.2, 0.25) is 0 Å². The van der Waals surface area contributed by atoms with Gasteiger partial charge in [-0.15, -0.1) is 0 Å². The summed E-state index contributed by atoms with van der Waals surface area (Å²) >= 11 is 0. The molecule has 0 unspecified atom stereocenters. The van der Waals surface area contributed by atoms with Gasteiger partial charge in [0.15, 0.2) is 0 Å². The summed E-state index contributed by atoms with van der Waals surface area (Å²) in [5, 5.41) is 3.00. The van der Waals surface area contributed by atoms with E-state index in [1.54, 1.807) is 0 Å². The molecule has 1 aromatic rings. The van der Waals surface area contributed by atoms with Crippen LogP contribution in [0.1, 0.15) is 31.4 Å². The minimum Gasteiger partial charge on any atom is -0.340 e. The number of carbonyl (C=O) groups excluding carboxylic acids is 2. The highest BCUT2D eigenvalue weighted by molar-refractivity contribution is 5.93. The molecule has 1 aromatic carbocycles. The number of rotatable bonds is 5. The first kappa shape index (κ1) is 18.5. The number of anilines is 1. The zero-order valence-corrected chi connectivity index (χ0v) is 15.3.